The van der Waals surface area contributed by atoms with Gasteiger partial charge in [0.2, 0.25) is 11.8 Å². The van der Waals surface area contributed by atoms with Gasteiger partial charge >= 0.3 is 0 Å². The van der Waals surface area contributed by atoms with Gasteiger partial charge in [-0.15, -0.1) is 0 Å². The van der Waals surface area contributed by atoms with Crippen molar-refractivity contribution in [3.63, 3.8) is 0 Å². The number of amides is 2. The van der Waals surface area contributed by atoms with Gasteiger partial charge in [0, 0.05) is 66.9 Å². The molecule has 0 aliphatic rings. The molecule has 0 spiro atoms. The molecule has 0 saturated heterocycles. The third-order valence-electron chi connectivity index (χ3n) is 7.90. The highest BCUT2D eigenvalue weighted by Crippen LogP contribution is 2.29. The van der Waals surface area contributed by atoms with Crippen LogP contribution in [0.15, 0.2) is 60.9 Å². The van der Waals surface area contributed by atoms with Gasteiger partial charge in [-0.3, -0.25) is 19.6 Å². The molecule has 0 aliphatic carbocycles. The van der Waals surface area contributed by atoms with Crippen molar-refractivity contribution in [1.29, 1.82) is 0 Å². The lowest BCUT2D eigenvalue weighted by Gasteiger charge is -2.18. The van der Waals surface area contributed by atoms with Crippen molar-refractivity contribution in [2.45, 2.75) is 70.5 Å². The Morgan fingerprint density at radius 3 is 1.76 bits per heavy atom. The van der Waals surface area contributed by atoms with Crippen molar-refractivity contribution in [2.75, 3.05) is 37.9 Å². The molecule has 46 heavy (non-hydrogen) atoms. The number of aromatic nitrogens is 2. The highest BCUT2D eigenvalue weighted by Gasteiger charge is 2.16. The van der Waals surface area contributed by atoms with Crippen molar-refractivity contribution >= 4 is 45.0 Å². The smallest absolute Gasteiger partial charge is 0.236 e. The quantitative estimate of drug-likeness (QED) is 0.0957. The highest BCUT2D eigenvalue weighted by atomic mass is 16.5. The van der Waals surface area contributed by atoms with Crippen molar-refractivity contribution in [3.05, 3.63) is 60.9 Å². The Balaban J connectivity index is 1.08. The van der Waals surface area contributed by atoms with Gasteiger partial charge in [-0.1, -0.05) is 12.1 Å². The molecule has 2 amide bonds. The molecule has 4 rings (SSSR count). The topological polar surface area (TPSA) is 153 Å². The van der Waals surface area contributed by atoms with E-state index in [1.54, 1.807) is 26.6 Å². The molecule has 6 N–H and O–H groups in total. The standard InChI is InChI=1S/C35H47N7O4/c1-23(41-30-21-27(45-3)19-25-11-7-16-38-33(25)30)9-5-15-37-32(43)14-13-29(36)35(44)40-18-6-10-24(2)42-31-22-28(46-4)20-26-12-8-17-39-34(26)31/h7-8,11-12,16-17,19-24,29,41-42H,5-6,9-10,13-15,18,36H2,1-4H3,(H,37,43)(H,40,44)/t23?,24?,29-/m0/s1. The van der Waals surface area contributed by atoms with Crippen molar-refractivity contribution in [2.24, 2.45) is 5.73 Å². The minimum absolute atomic E-state index is 0.105. The van der Waals surface area contributed by atoms with Gasteiger partial charge in [0.15, 0.2) is 0 Å². The van der Waals surface area contributed by atoms with Crippen molar-refractivity contribution in [1.82, 2.24) is 20.6 Å². The molecule has 0 fully saturated rings. The first-order valence-electron chi connectivity index (χ1n) is 16.0. The van der Waals surface area contributed by atoms with Crippen LogP contribution in [0.1, 0.15) is 52.4 Å². The average molecular weight is 630 g/mol. The Labute approximate surface area is 271 Å². The molecule has 0 bridgehead atoms. The summed E-state index contributed by atoms with van der Waals surface area (Å²) in [6.07, 6.45) is 7.32. The summed E-state index contributed by atoms with van der Waals surface area (Å²) in [5.41, 5.74) is 9.69. The third-order valence-corrected chi connectivity index (χ3v) is 7.90. The second kappa shape index (κ2) is 17.2. The molecule has 3 atom stereocenters. The largest absolute Gasteiger partial charge is 0.497 e. The summed E-state index contributed by atoms with van der Waals surface area (Å²) in [4.78, 5) is 33.9. The van der Waals surface area contributed by atoms with E-state index in [0.29, 0.717) is 19.5 Å². The maximum absolute atomic E-state index is 12.5. The Hall–Kier alpha value is -4.64. The number of nitrogens with one attached hydrogen (secondary N) is 4. The van der Waals surface area contributed by atoms with E-state index in [4.69, 9.17) is 15.2 Å². The van der Waals surface area contributed by atoms with E-state index in [1.165, 1.54) is 0 Å². The molecule has 2 unspecified atom stereocenters. The molecule has 0 saturated carbocycles. The summed E-state index contributed by atoms with van der Waals surface area (Å²) < 4.78 is 10.9. The Morgan fingerprint density at radius 1 is 0.761 bits per heavy atom. The molecule has 2 aromatic heterocycles. The number of pyridine rings is 2. The summed E-state index contributed by atoms with van der Waals surface area (Å²) in [6, 6.07) is 15.3. The second-order valence-electron chi connectivity index (χ2n) is 11.7. The third kappa shape index (κ3) is 9.93. The van der Waals surface area contributed by atoms with Crippen LogP contribution < -0.4 is 36.5 Å². The first kappa shape index (κ1) is 34.2. The first-order valence-corrected chi connectivity index (χ1v) is 16.0. The minimum atomic E-state index is -0.731. The number of anilines is 2. The number of nitrogens with zero attached hydrogens (tertiary/aromatic N) is 2. The summed E-state index contributed by atoms with van der Waals surface area (Å²) in [7, 11) is 3.30. The zero-order chi connectivity index (χ0) is 32.9. The minimum Gasteiger partial charge on any atom is -0.497 e. The van der Waals surface area contributed by atoms with Crippen LogP contribution in [0.5, 0.6) is 11.5 Å². The van der Waals surface area contributed by atoms with Gasteiger partial charge in [0.05, 0.1) is 42.7 Å². The van der Waals surface area contributed by atoms with Crippen LogP contribution in [0, 0.1) is 0 Å². The summed E-state index contributed by atoms with van der Waals surface area (Å²) in [6.45, 7) is 5.26. The Morgan fingerprint density at radius 2 is 1.26 bits per heavy atom. The van der Waals surface area contributed by atoms with Crippen LogP contribution in [0.3, 0.4) is 0 Å². The van der Waals surface area contributed by atoms with E-state index < -0.39 is 6.04 Å². The number of rotatable bonds is 18. The maximum Gasteiger partial charge on any atom is 0.236 e. The van der Waals surface area contributed by atoms with Crippen LogP contribution in [0.25, 0.3) is 21.8 Å². The van der Waals surface area contributed by atoms with Crippen molar-refractivity contribution < 1.29 is 19.1 Å². The van der Waals surface area contributed by atoms with Gasteiger partial charge in [-0.25, -0.2) is 0 Å². The number of fused-ring (bicyclic) bond motifs is 2. The van der Waals surface area contributed by atoms with E-state index in [-0.39, 0.29) is 30.3 Å². The van der Waals surface area contributed by atoms with Gasteiger partial charge in [0.25, 0.3) is 0 Å². The van der Waals surface area contributed by atoms with E-state index in [0.717, 1.165) is 70.4 Å². The SMILES string of the molecule is COc1cc(NC(C)CCCNC(=O)CC[C@H](N)C(=O)NCCCC(C)Nc2cc(OC)cc3cccnc23)c2ncccc2c1. The number of benzene rings is 2. The maximum atomic E-state index is 12.5. The van der Waals surface area contributed by atoms with Gasteiger partial charge in [-0.2, -0.15) is 0 Å². The predicted molar refractivity (Wildman–Crippen MR) is 184 cm³/mol. The van der Waals surface area contributed by atoms with E-state index in [9.17, 15) is 9.59 Å². The molecule has 11 heteroatoms. The number of ether oxygens (including phenoxy) is 2. The number of carbonyl (C=O) groups is 2. The first-order chi connectivity index (χ1) is 22.3. The van der Waals surface area contributed by atoms with Crippen LogP contribution >= 0.6 is 0 Å². The van der Waals surface area contributed by atoms with E-state index in [1.807, 2.05) is 48.5 Å². The molecule has 0 aliphatic heterocycles. The van der Waals surface area contributed by atoms with Crippen molar-refractivity contribution in [3.8, 4) is 11.5 Å². The average Bonchev–Trinajstić information content (AvgIpc) is 3.07. The molecular formula is C35H47N7O4. The lowest BCUT2D eigenvalue weighted by molar-refractivity contribution is -0.123. The zero-order valence-electron chi connectivity index (χ0n) is 27.3. The summed E-state index contributed by atoms with van der Waals surface area (Å²) in [5, 5.41) is 14.9. The molecule has 246 valence electrons. The van der Waals surface area contributed by atoms with E-state index >= 15 is 0 Å². The lowest BCUT2D eigenvalue weighted by Crippen LogP contribution is -2.42. The number of nitrogens with two attached hydrogens (primary N) is 1. The van der Waals surface area contributed by atoms with Crippen LogP contribution in [0.2, 0.25) is 0 Å². The zero-order valence-corrected chi connectivity index (χ0v) is 27.3. The monoisotopic (exact) mass is 629 g/mol. The predicted octanol–water partition coefficient (Wildman–Crippen LogP) is 5.00. The molecule has 2 heterocycles. The summed E-state index contributed by atoms with van der Waals surface area (Å²) in [5.74, 6) is 1.19. The molecule has 11 nitrogen and oxygen atoms in total. The van der Waals surface area contributed by atoms with Gasteiger partial charge < -0.3 is 36.5 Å². The molecule has 4 aromatic rings. The van der Waals surface area contributed by atoms with E-state index in [2.05, 4.69) is 45.1 Å². The fourth-order valence-electron chi connectivity index (χ4n) is 5.35. The lowest BCUT2D eigenvalue weighted by atomic mass is 10.1. The van der Waals surface area contributed by atoms with Crippen LogP contribution in [-0.4, -0.2) is 67.2 Å². The number of carbonyl (C=O) groups excluding carboxylic acids is 2. The molecule has 2 aromatic carbocycles. The highest BCUT2D eigenvalue weighted by molar-refractivity contribution is 5.92. The number of hydrogen-bond acceptors (Lipinski definition) is 9. The molecular weight excluding hydrogens is 582 g/mol. The van der Waals surface area contributed by atoms with Crippen LogP contribution in [0.4, 0.5) is 11.4 Å². The summed E-state index contributed by atoms with van der Waals surface area (Å²) >= 11 is 0. The molecule has 0 radical (unpaired) electrons. The fraction of sp³-hybridized carbons (Fsp3) is 0.429. The second-order valence-corrected chi connectivity index (χ2v) is 11.7. The van der Waals surface area contributed by atoms with Gasteiger partial charge in [0.1, 0.15) is 11.5 Å². The normalized spacial score (nSPS) is 13.1. The number of hydrogen-bond donors (Lipinski definition) is 5. The Bertz CT molecular complexity index is 1600. The van der Waals surface area contributed by atoms with Gasteiger partial charge in [-0.05, 0) is 70.2 Å². The van der Waals surface area contributed by atoms with Crippen LogP contribution in [-0.2, 0) is 9.59 Å². The fourth-order valence-corrected chi connectivity index (χ4v) is 5.35. The number of methoxy groups -OCH3 is 2. The Kier molecular flexibility index (Phi) is 12.8.